The van der Waals surface area contributed by atoms with E-state index in [0.29, 0.717) is 6.54 Å². The first-order valence-corrected chi connectivity index (χ1v) is 9.35. The van der Waals surface area contributed by atoms with E-state index in [9.17, 15) is 4.79 Å². The summed E-state index contributed by atoms with van der Waals surface area (Å²) in [5, 5.41) is 10.9. The molecular weight excluding hydrogens is 312 g/mol. The lowest BCUT2D eigenvalue weighted by atomic mass is 9.88. The smallest absolute Gasteiger partial charge is 0.239 e. The van der Waals surface area contributed by atoms with Gasteiger partial charge in [-0.1, -0.05) is 24.3 Å². The number of hydrogen-bond donors (Lipinski definition) is 2. The Morgan fingerprint density at radius 3 is 2.96 bits per heavy atom. The molecule has 1 saturated carbocycles. The topological polar surface area (TPSA) is 59.0 Å². The number of benzene rings is 1. The van der Waals surface area contributed by atoms with Crippen LogP contribution >= 0.6 is 0 Å². The second kappa shape index (κ2) is 7.00. The van der Waals surface area contributed by atoms with Gasteiger partial charge in [-0.25, -0.2) is 4.68 Å². The van der Waals surface area contributed by atoms with E-state index in [4.69, 9.17) is 0 Å². The predicted molar refractivity (Wildman–Crippen MR) is 98.7 cm³/mol. The van der Waals surface area contributed by atoms with Crippen molar-refractivity contribution in [2.75, 3.05) is 18.4 Å². The minimum Gasteiger partial charge on any atom is -0.310 e. The zero-order chi connectivity index (χ0) is 17.2. The molecule has 1 amide bonds. The number of nitrogens with one attached hydrogen (secondary N) is 2. The summed E-state index contributed by atoms with van der Waals surface area (Å²) in [6, 6.07) is 8.79. The molecule has 4 rings (SSSR count). The van der Waals surface area contributed by atoms with E-state index in [1.165, 1.54) is 24.0 Å². The quantitative estimate of drug-likeness (QED) is 0.851. The molecule has 0 radical (unpaired) electrons. The number of rotatable bonds is 6. The minimum absolute atomic E-state index is 0.00888. The van der Waals surface area contributed by atoms with Crippen molar-refractivity contribution in [3.05, 3.63) is 47.2 Å². The molecule has 2 N–H and O–H groups in total. The fourth-order valence-corrected chi connectivity index (χ4v) is 3.71. The van der Waals surface area contributed by atoms with Crippen molar-refractivity contribution in [3.8, 4) is 0 Å². The number of carbonyl (C=O) groups is 1. The summed E-state index contributed by atoms with van der Waals surface area (Å²) in [6.45, 7) is 3.31. The van der Waals surface area contributed by atoms with Gasteiger partial charge in [-0.3, -0.25) is 4.79 Å². The molecule has 1 aromatic heterocycles. The molecule has 25 heavy (non-hydrogen) atoms. The van der Waals surface area contributed by atoms with Crippen LogP contribution in [0.2, 0.25) is 0 Å². The molecule has 2 aliphatic rings. The van der Waals surface area contributed by atoms with Crippen LogP contribution in [-0.4, -0.2) is 28.8 Å². The molecule has 2 aliphatic carbocycles. The van der Waals surface area contributed by atoms with Crippen molar-refractivity contribution in [1.29, 1.82) is 0 Å². The fraction of sp³-hybridized carbons (Fsp3) is 0.500. The Hall–Kier alpha value is -2.14. The molecule has 1 heterocycles. The highest BCUT2D eigenvalue weighted by Crippen LogP contribution is 2.35. The monoisotopic (exact) mass is 338 g/mol. The summed E-state index contributed by atoms with van der Waals surface area (Å²) in [4.78, 5) is 12.3. The first kappa shape index (κ1) is 16.3. The number of fused-ring (bicyclic) bond motifs is 1. The van der Waals surface area contributed by atoms with E-state index >= 15 is 0 Å². The number of nitrogens with zero attached hydrogens (tertiary/aromatic N) is 2. The maximum atomic E-state index is 12.3. The summed E-state index contributed by atoms with van der Waals surface area (Å²) in [5.41, 5.74) is 3.74. The van der Waals surface area contributed by atoms with Crippen LogP contribution in [0.3, 0.4) is 0 Å². The summed E-state index contributed by atoms with van der Waals surface area (Å²) < 4.78 is 2.01. The highest BCUT2D eigenvalue weighted by molar-refractivity contribution is 5.92. The molecule has 5 nitrogen and oxygen atoms in total. The molecule has 0 saturated heterocycles. The zero-order valence-electron chi connectivity index (χ0n) is 14.8. The average molecular weight is 338 g/mol. The van der Waals surface area contributed by atoms with Gasteiger partial charge in [-0.05, 0) is 62.6 Å². The minimum atomic E-state index is 0.00888. The SMILES string of the molecule is Cc1cnn([C@H]2CCCc3ccccc32)c1NC(=O)CNCC1CC1. The van der Waals surface area contributed by atoms with Gasteiger partial charge in [0, 0.05) is 5.56 Å². The average Bonchev–Trinajstić information content (AvgIpc) is 3.38. The summed E-state index contributed by atoms with van der Waals surface area (Å²) >= 11 is 0. The Kier molecular flexibility index (Phi) is 4.57. The van der Waals surface area contributed by atoms with E-state index in [1.807, 2.05) is 17.8 Å². The molecule has 5 heteroatoms. The van der Waals surface area contributed by atoms with E-state index in [-0.39, 0.29) is 11.9 Å². The number of hydrogen-bond acceptors (Lipinski definition) is 3. The van der Waals surface area contributed by atoms with Gasteiger partial charge in [0.25, 0.3) is 0 Å². The van der Waals surface area contributed by atoms with E-state index in [2.05, 4.69) is 40.0 Å². The van der Waals surface area contributed by atoms with Crippen molar-refractivity contribution >= 4 is 11.7 Å². The molecule has 0 bridgehead atoms. The van der Waals surface area contributed by atoms with Crippen molar-refractivity contribution in [2.24, 2.45) is 5.92 Å². The van der Waals surface area contributed by atoms with Gasteiger partial charge in [0.2, 0.25) is 5.91 Å². The van der Waals surface area contributed by atoms with Crippen LogP contribution in [0.5, 0.6) is 0 Å². The van der Waals surface area contributed by atoms with E-state index < -0.39 is 0 Å². The van der Waals surface area contributed by atoms with Crippen molar-refractivity contribution in [1.82, 2.24) is 15.1 Å². The number of aromatic nitrogens is 2. The Balaban J connectivity index is 1.50. The van der Waals surface area contributed by atoms with Gasteiger partial charge in [-0.2, -0.15) is 5.10 Å². The highest BCUT2D eigenvalue weighted by atomic mass is 16.2. The molecule has 0 unspecified atom stereocenters. The second-order valence-electron chi connectivity index (χ2n) is 7.35. The van der Waals surface area contributed by atoms with Crippen LogP contribution < -0.4 is 10.6 Å². The van der Waals surface area contributed by atoms with Crippen LogP contribution in [0.4, 0.5) is 5.82 Å². The number of anilines is 1. The van der Waals surface area contributed by atoms with Gasteiger partial charge in [0.15, 0.2) is 0 Å². The summed E-state index contributed by atoms with van der Waals surface area (Å²) in [6.07, 6.45) is 7.77. The van der Waals surface area contributed by atoms with Crippen LogP contribution in [0.1, 0.15) is 48.4 Å². The highest BCUT2D eigenvalue weighted by Gasteiger charge is 2.25. The summed E-state index contributed by atoms with van der Waals surface area (Å²) in [7, 11) is 0. The van der Waals surface area contributed by atoms with Gasteiger partial charge in [-0.15, -0.1) is 0 Å². The molecule has 132 valence electrons. The Morgan fingerprint density at radius 2 is 2.12 bits per heavy atom. The maximum absolute atomic E-state index is 12.3. The predicted octanol–water partition coefficient (Wildman–Crippen LogP) is 3.06. The van der Waals surface area contributed by atoms with Crippen LogP contribution in [0.15, 0.2) is 30.5 Å². The van der Waals surface area contributed by atoms with E-state index in [1.54, 1.807) is 0 Å². The van der Waals surface area contributed by atoms with Crippen LogP contribution in [0.25, 0.3) is 0 Å². The first-order chi connectivity index (χ1) is 12.2. The lowest BCUT2D eigenvalue weighted by Crippen LogP contribution is -2.31. The van der Waals surface area contributed by atoms with Gasteiger partial charge < -0.3 is 10.6 Å². The van der Waals surface area contributed by atoms with Crippen LogP contribution in [-0.2, 0) is 11.2 Å². The largest absolute Gasteiger partial charge is 0.310 e. The van der Waals surface area contributed by atoms with Gasteiger partial charge >= 0.3 is 0 Å². The second-order valence-corrected chi connectivity index (χ2v) is 7.35. The molecule has 2 aromatic rings. The van der Waals surface area contributed by atoms with Gasteiger partial charge in [0.05, 0.1) is 18.8 Å². The van der Waals surface area contributed by atoms with Gasteiger partial charge in [0.1, 0.15) is 5.82 Å². The third-order valence-electron chi connectivity index (χ3n) is 5.28. The molecule has 0 spiro atoms. The number of amides is 1. The number of carbonyl (C=O) groups excluding carboxylic acids is 1. The molecular formula is C20H26N4O. The van der Waals surface area contributed by atoms with Crippen LogP contribution in [0, 0.1) is 12.8 Å². The first-order valence-electron chi connectivity index (χ1n) is 9.35. The van der Waals surface area contributed by atoms with Crippen molar-refractivity contribution in [3.63, 3.8) is 0 Å². The zero-order valence-corrected chi connectivity index (χ0v) is 14.8. The lowest BCUT2D eigenvalue weighted by Gasteiger charge is -2.27. The standard InChI is InChI=1S/C20H26N4O/c1-14-11-22-24(18-8-4-6-16-5-2-3-7-17(16)18)20(14)23-19(25)13-21-12-15-9-10-15/h2-3,5,7,11,15,18,21H,4,6,8-10,12-13H2,1H3,(H,23,25)/t18-/m0/s1. The Labute approximate surface area is 148 Å². The fourth-order valence-electron chi connectivity index (χ4n) is 3.71. The molecule has 1 aromatic carbocycles. The summed E-state index contributed by atoms with van der Waals surface area (Å²) in [5.74, 6) is 1.62. The third kappa shape index (κ3) is 3.61. The maximum Gasteiger partial charge on any atom is 0.239 e. The van der Waals surface area contributed by atoms with Crippen molar-refractivity contribution in [2.45, 2.75) is 45.1 Å². The molecule has 1 fully saturated rings. The third-order valence-corrected chi connectivity index (χ3v) is 5.28. The Bertz CT molecular complexity index is 763. The van der Waals surface area contributed by atoms with Crippen molar-refractivity contribution < 1.29 is 4.79 Å². The Morgan fingerprint density at radius 1 is 1.28 bits per heavy atom. The van der Waals surface area contributed by atoms with E-state index in [0.717, 1.165) is 43.1 Å². The lowest BCUT2D eigenvalue weighted by molar-refractivity contribution is -0.115. The number of aryl methyl sites for hydroxylation is 2. The molecule has 0 aliphatic heterocycles. The normalized spacial score (nSPS) is 19.5. The molecule has 1 atom stereocenters.